The lowest BCUT2D eigenvalue weighted by molar-refractivity contribution is -0.137. The number of hydrogen-bond acceptors (Lipinski definition) is 4. The summed E-state index contributed by atoms with van der Waals surface area (Å²) in [7, 11) is 0. The average molecular weight is 507 g/mol. The van der Waals surface area contributed by atoms with Crippen LogP contribution < -0.4 is 5.73 Å². The third-order valence-corrected chi connectivity index (χ3v) is 5.96. The molecule has 2 N–H and O–H groups in total. The monoisotopic (exact) mass is 506 g/mol. The molecule has 35 heavy (non-hydrogen) atoms. The molecule has 1 unspecified atom stereocenters. The zero-order valence-corrected chi connectivity index (χ0v) is 20.3. The van der Waals surface area contributed by atoms with E-state index in [1.54, 1.807) is 54.6 Å². The van der Waals surface area contributed by atoms with Crippen molar-refractivity contribution < 1.29 is 22.7 Å². The first-order valence-corrected chi connectivity index (χ1v) is 11.5. The van der Waals surface area contributed by atoms with Crippen LogP contribution in [0.4, 0.5) is 18.0 Å². The number of para-hydroxylation sites is 1. The Balaban J connectivity index is 1.88. The molecule has 1 aliphatic rings. The molecule has 1 aliphatic heterocycles. The van der Waals surface area contributed by atoms with Gasteiger partial charge in [-0.2, -0.15) is 18.3 Å². The van der Waals surface area contributed by atoms with E-state index in [4.69, 9.17) is 27.2 Å². The summed E-state index contributed by atoms with van der Waals surface area (Å²) in [6, 6.07) is 11.4. The van der Waals surface area contributed by atoms with E-state index < -0.39 is 29.5 Å². The summed E-state index contributed by atoms with van der Waals surface area (Å²) in [6.45, 7) is 5.83. The van der Waals surface area contributed by atoms with Crippen molar-refractivity contribution >= 4 is 17.7 Å². The number of benzene rings is 2. The molecule has 0 bridgehead atoms. The fourth-order valence-corrected chi connectivity index (χ4v) is 4.23. The third-order valence-electron chi connectivity index (χ3n) is 5.64. The molecule has 6 nitrogen and oxygen atoms in total. The highest BCUT2D eigenvalue weighted by Crippen LogP contribution is 2.38. The van der Waals surface area contributed by atoms with Crippen LogP contribution in [0.1, 0.15) is 50.1 Å². The van der Waals surface area contributed by atoms with Crippen molar-refractivity contribution in [3.63, 3.8) is 0 Å². The van der Waals surface area contributed by atoms with Gasteiger partial charge in [-0.05, 0) is 51.5 Å². The fourth-order valence-electron chi connectivity index (χ4n) is 4.02. The van der Waals surface area contributed by atoms with Crippen LogP contribution >= 0.6 is 11.6 Å². The number of amides is 1. The van der Waals surface area contributed by atoms with Crippen LogP contribution in [0.25, 0.3) is 16.9 Å². The Morgan fingerprint density at radius 1 is 1.11 bits per heavy atom. The van der Waals surface area contributed by atoms with Crippen molar-refractivity contribution in [2.45, 2.75) is 51.6 Å². The molecular weight excluding hydrogens is 481 g/mol. The molecule has 3 aromatic rings. The number of rotatable bonds is 2. The van der Waals surface area contributed by atoms with Gasteiger partial charge in [0.1, 0.15) is 5.60 Å². The molecule has 0 aliphatic carbocycles. The van der Waals surface area contributed by atoms with E-state index in [0.29, 0.717) is 46.2 Å². The number of aromatic nitrogens is 2. The van der Waals surface area contributed by atoms with Crippen LogP contribution in [0.5, 0.6) is 0 Å². The van der Waals surface area contributed by atoms with Crippen LogP contribution in [0.15, 0.2) is 48.5 Å². The van der Waals surface area contributed by atoms with Crippen molar-refractivity contribution in [1.82, 2.24) is 14.7 Å². The minimum atomic E-state index is -4.46. The number of carbonyl (C=O) groups excluding carboxylic acids is 1. The van der Waals surface area contributed by atoms with E-state index in [-0.39, 0.29) is 6.54 Å². The Bertz CT molecular complexity index is 1230. The summed E-state index contributed by atoms with van der Waals surface area (Å²) in [5, 5.41) is 5.16. The first-order valence-electron chi connectivity index (χ1n) is 11.1. The topological polar surface area (TPSA) is 73.4 Å². The Labute approximate surface area is 206 Å². The Morgan fingerprint density at radius 2 is 1.77 bits per heavy atom. The van der Waals surface area contributed by atoms with Crippen molar-refractivity contribution in [3.8, 4) is 16.9 Å². The number of alkyl halides is 3. The maximum atomic E-state index is 13.2. The highest BCUT2D eigenvalue weighted by molar-refractivity contribution is 6.32. The molecule has 1 amide bonds. The molecule has 2 heterocycles. The summed E-state index contributed by atoms with van der Waals surface area (Å²) in [6.07, 6.45) is -4.52. The maximum absolute atomic E-state index is 13.2. The third kappa shape index (κ3) is 5.31. The summed E-state index contributed by atoms with van der Waals surface area (Å²) in [5.74, 6) is 0. The molecule has 0 fully saturated rings. The van der Waals surface area contributed by atoms with Crippen molar-refractivity contribution in [1.29, 1.82) is 0 Å². The number of nitrogens with two attached hydrogens (primary N) is 1. The Morgan fingerprint density at radius 3 is 2.37 bits per heavy atom. The number of fused-ring (bicyclic) bond motifs is 1. The second-order valence-corrected chi connectivity index (χ2v) is 9.85. The molecule has 4 rings (SSSR count). The van der Waals surface area contributed by atoms with Crippen LogP contribution in [0.3, 0.4) is 0 Å². The quantitative estimate of drug-likeness (QED) is 0.439. The minimum absolute atomic E-state index is 0.138. The predicted molar refractivity (Wildman–Crippen MR) is 127 cm³/mol. The lowest BCUT2D eigenvalue weighted by Gasteiger charge is -2.27. The maximum Gasteiger partial charge on any atom is 0.416 e. The number of nitrogens with zero attached hydrogens (tertiary/aromatic N) is 3. The summed E-state index contributed by atoms with van der Waals surface area (Å²) < 4.78 is 46.8. The summed E-state index contributed by atoms with van der Waals surface area (Å²) >= 11 is 6.46. The molecule has 0 saturated heterocycles. The standard InChI is InChI=1S/C25H26ClF3N4O2/c1-24(2,3)35-23(34)32-13-12-19(30)21-17(14-32)22(15-8-10-16(11-9-15)25(27,28)29)33(31-21)20-7-5-4-6-18(20)26/h4-11,19H,12-14,30H2,1-3H3. The van der Waals surface area contributed by atoms with Gasteiger partial charge in [0.05, 0.1) is 40.2 Å². The van der Waals surface area contributed by atoms with Crippen molar-refractivity contribution in [2.75, 3.05) is 6.54 Å². The normalized spacial score (nSPS) is 16.6. The van der Waals surface area contributed by atoms with Gasteiger partial charge in [0, 0.05) is 17.7 Å². The summed E-state index contributed by atoms with van der Waals surface area (Å²) in [5.41, 5.74) is 7.77. The van der Waals surface area contributed by atoms with E-state index in [1.165, 1.54) is 12.1 Å². The van der Waals surface area contributed by atoms with Crippen LogP contribution in [-0.2, 0) is 17.5 Å². The van der Waals surface area contributed by atoms with Gasteiger partial charge in [-0.25, -0.2) is 9.48 Å². The van der Waals surface area contributed by atoms with Gasteiger partial charge < -0.3 is 15.4 Å². The lowest BCUT2D eigenvalue weighted by Crippen LogP contribution is -2.36. The molecule has 0 radical (unpaired) electrons. The van der Waals surface area contributed by atoms with E-state index >= 15 is 0 Å². The Kier molecular flexibility index (Phi) is 6.59. The minimum Gasteiger partial charge on any atom is -0.444 e. The van der Waals surface area contributed by atoms with Gasteiger partial charge in [0.15, 0.2) is 0 Å². The van der Waals surface area contributed by atoms with Crippen LogP contribution in [-0.4, -0.2) is 32.9 Å². The van der Waals surface area contributed by atoms with Gasteiger partial charge >= 0.3 is 12.3 Å². The Hall–Kier alpha value is -3.04. The first kappa shape index (κ1) is 25.1. The average Bonchev–Trinajstić information content (AvgIpc) is 3.05. The van der Waals surface area contributed by atoms with E-state index in [9.17, 15) is 18.0 Å². The largest absolute Gasteiger partial charge is 0.444 e. The van der Waals surface area contributed by atoms with Gasteiger partial charge in [-0.1, -0.05) is 35.9 Å². The zero-order valence-electron chi connectivity index (χ0n) is 19.6. The van der Waals surface area contributed by atoms with Crippen LogP contribution in [0.2, 0.25) is 5.02 Å². The van der Waals surface area contributed by atoms with Gasteiger partial charge in [0.2, 0.25) is 0 Å². The number of carbonyl (C=O) groups is 1. The molecule has 0 spiro atoms. The van der Waals surface area contributed by atoms with Crippen molar-refractivity contribution in [3.05, 3.63) is 70.4 Å². The van der Waals surface area contributed by atoms with Gasteiger partial charge in [-0.15, -0.1) is 0 Å². The first-order chi connectivity index (χ1) is 16.3. The molecule has 1 aromatic heterocycles. The molecular formula is C25H26ClF3N4O2. The van der Waals surface area contributed by atoms with E-state index in [0.717, 1.165) is 12.1 Å². The van der Waals surface area contributed by atoms with Gasteiger partial charge in [0.25, 0.3) is 0 Å². The molecule has 0 saturated carbocycles. The molecule has 186 valence electrons. The molecule has 10 heteroatoms. The molecule has 2 aromatic carbocycles. The smallest absolute Gasteiger partial charge is 0.416 e. The van der Waals surface area contributed by atoms with Gasteiger partial charge in [-0.3, -0.25) is 0 Å². The number of halogens is 4. The fraction of sp³-hybridized carbons (Fsp3) is 0.360. The summed E-state index contributed by atoms with van der Waals surface area (Å²) in [4.78, 5) is 14.5. The lowest BCUT2D eigenvalue weighted by atomic mass is 10.0. The van der Waals surface area contributed by atoms with E-state index in [2.05, 4.69) is 0 Å². The zero-order chi connectivity index (χ0) is 25.5. The second-order valence-electron chi connectivity index (χ2n) is 9.45. The predicted octanol–water partition coefficient (Wildman–Crippen LogP) is 6.35. The molecule has 1 atom stereocenters. The van der Waals surface area contributed by atoms with Crippen LogP contribution in [0, 0.1) is 0 Å². The second kappa shape index (κ2) is 9.20. The number of hydrogen-bond donors (Lipinski definition) is 1. The number of ether oxygens (including phenoxy) is 1. The van der Waals surface area contributed by atoms with Crippen molar-refractivity contribution in [2.24, 2.45) is 5.73 Å². The van der Waals surface area contributed by atoms with E-state index in [1.807, 2.05) is 0 Å². The highest BCUT2D eigenvalue weighted by atomic mass is 35.5. The highest BCUT2D eigenvalue weighted by Gasteiger charge is 2.34. The SMILES string of the molecule is CC(C)(C)OC(=O)N1CCC(N)c2nn(-c3ccccc3Cl)c(-c3ccc(C(F)(F)F)cc3)c2C1.